The van der Waals surface area contributed by atoms with Crippen LogP contribution in [0.15, 0.2) is 199 Å². The predicted molar refractivity (Wildman–Crippen MR) is 225 cm³/mol. The minimum Gasteiger partial charge on any atom is -0.455 e. The maximum atomic E-state index is 6.76. The van der Waals surface area contributed by atoms with Crippen LogP contribution in [0.2, 0.25) is 0 Å². The molecule has 10 aromatic carbocycles. The Morgan fingerprint density at radius 2 is 0.736 bits per heavy atom. The highest BCUT2D eigenvalue weighted by molar-refractivity contribution is 6.25. The van der Waals surface area contributed by atoms with E-state index in [0.29, 0.717) is 0 Å². The van der Waals surface area contributed by atoms with Crippen molar-refractivity contribution in [1.82, 2.24) is 0 Å². The summed E-state index contributed by atoms with van der Waals surface area (Å²) in [6.45, 7) is 0. The molecule has 0 saturated heterocycles. The zero-order chi connectivity index (χ0) is 34.9. The van der Waals surface area contributed by atoms with Crippen molar-refractivity contribution in [3.63, 3.8) is 0 Å². The lowest BCUT2D eigenvalue weighted by molar-refractivity contribution is 0.673. The Kier molecular flexibility index (Phi) is 6.62. The van der Waals surface area contributed by atoms with Crippen LogP contribution < -0.4 is 0 Å². The SMILES string of the molecule is c1ccc(-c2cccc(-c3c4ccccc4c(-c4cccc(-c5c6ccccc6cc6oc7c8ccccc8ccc7c56)c4)c4ccccc34)c2)cc1. The van der Waals surface area contributed by atoms with Crippen LogP contribution in [0.1, 0.15) is 0 Å². The van der Waals surface area contributed by atoms with Crippen LogP contribution in [0.3, 0.4) is 0 Å². The number of hydrogen-bond donors (Lipinski definition) is 0. The van der Waals surface area contributed by atoms with E-state index in [4.69, 9.17) is 4.42 Å². The van der Waals surface area contributed by atoms with Gasteiger partial charge in [-0.2, -0.15) is 0 Å². The molecule has 0 N–H and O–H groups in total. The molecule has 0 bridgehead atoms. The van der Waals surface area contributed by atoms with Crippen molar-refractivity contribution in [2.45, 2.75) is 0 Å². The van der Waals surface area contributed by atoms with Crippen LogP contribution in [-0.2, 0) is 0 Å². The number of furan rings is 1. The van der Waals surface area contributed by atoms with E-state index in [1.54, 1.807) is 0 Å². The summed E-state index contributed by atoms with van der Waals surface area (Å²) in [5, 5.41) is 12.0. The molecule has 1 nitrogen and oxygen atoms in total. The van der Waals surface area contributed by atoms with Crippen LogP contribution in [-0.4, -0.2) is 0 Å². The summed E-state index contributed by atoms with van der Waals surface area (Å²) in [4.78, 5) is 0. The van der Waals surface area contributed by atoms with E-state index in [9.17, 15) is 0 Å². The molecule has 246 valence electrons. The third-order valence-electron chi connectivity index (χ3n) is 11.0. The van der Waals surface area contributed by atoms with E-state index in [1.165, 1.54) is 82.2 Å². The van der Waals surface area contributed by atoms with Gasteiger partial charge >= 0.3 is 0 Å². The number of rotatable bonds is 4. The number of fused-ring (bicyclic) bond motifs is 8. The van der Waals surface area contributed by atoms with Crippen LogP contribution in [0.25, 0.3) is 110 Å². The van der Waals surface area contributed by atoms with Gasteiger partial charge < -0.3 is 4.42 Å². The third kappa shape index (κ3) is 4.64. The Bertz CT molecular complexity index is 3160. The first kappa shape index (κ1) is 29.7. The van der Waals surface area contributed by atoms with E-state index >= 15 is 0 Å². The topological polar surface area (TPSA) is 13.1 Å². The van der Waals surface area contributed by atoms with Gasteiger partial charge in [-0.1, -0.05) is 170 Å². The Morgan fingerprint density at radius 1 is 0.264 bits per heavy atom. The van der Waals surface area contributed by atoms with E-state index in [1.807, 2.05) is 0 Å². The molecule has 1 aromatic heterocycles. The molecule has 0 radical (unpaired) electrons. The first-order chi connectivity index (χ1) is 26.3. The first-order valence-corrected chi connectivity index (χ1v) is 18.3. The van der Waals surface area contributed by atoms with Crippen molar-refractivity contribution in [2.75, 3.05) is 0 Å². The Labute approximate surface area is 307 Å². The minimum absolute atomic E-state index is 0.911. The lowest BCUT2D eigenvalue weighted by Crippen LogP contribution is -1.92. The van der Waals surface area contributed by atoms with Crippen molar-refractivity contribution >= 4 is 65.0 Å². The van der Waals surface area contributed by atoms with Gasteiger partial charge in [0.25, 0.3) is 0 Å². The maximum absolute atomic E-state index is 6.76. The summed E-state index contributed by atoms with van der Waals surface area (Å²) in [7, 11) is 0. The van der Waals surface area contributed by atoms with Gasteiger partial charge in [0.1, 0.15) is 11.2 Å². The predicted octanol–water partition coefficient (Wildman–Crippen LogP) is 14.9. The lowest BCUT2D eigenvalue weighted by Gasteiger charge is -2.19. The van der Waals surface area contributed by atoms with Crippen molar-refractivity contribution < 1.29 is 4.42 Å². The fourth-order valence-corrected chi connectivity index (χ4v) is 8.69. The molecule has 0 aliphatic rings. The highest BCUT2D eigenvalue weighted by Crippen LogP contribution is 2.47. The van der Waals surface area contributed by atoms with E-state index in [2.05, 4.69) is 194 Å². The molecule has 1 heterocycles. The zero-order valence-corrected chi connectivity index (χ0v) is 28.9. The largest absolute Gasteiger partial charge is 0.455 e. The molecule has 0 amide bonds. The fourth-order valence-electron chi connectivity index (χ4n) is 8.69. The van der Waals surface area contributed by atoms with E-state index < -0.39 is 0 Å². The average Bonchev–Trinajstić information content (AvgIpc) is 3.61. The molecule has 11 aromatic rings. The summed E-state index contributed by atoms with van der Waals surface area (Å²) in [6.07, 6.45) is 0. The molecular weight excluding hydrogens is 641 g/mol. The van der Waals surface area contributed by atoms with Crippen LogP contribution in [0.5, 0.6) is 0 Å². The molecule has 0 atom stereocenters. The number of hydrogen-bond acceptors (Lipinski definition) is 1. The number of benzene rings is 10. The molecule has 0 aliphatic carbocycles. The second-order valence-electron chi connectivity index (χ2n) is 14.0. The molecule has 11 rings (SSSR count). The summed E-state index contributed by atoms with van der Waals surface area (Å²) in [5.74, 6) is 0. The normalized spacial score (nSPS) is 11.8. The standard InChI is InChI=1S/C52H32O/c1-2-14-33(15-3-1)35-18-12-19-37(30-35)48-42-24-8-10-26-44(42)49(45-27-11-9-25-43(45)48)38-20-13-21-39(31-38)50-40-22-6-5-17-36(40)32-47-51(50)46-29-28-34-16-4-7-23-41(34)52(46)53-47/h1-32H. The van der Waals surface area contributed by atoms with Gasteiger partial charge in [-0.3, -0.25) is 0 Å². The van der Waals surface area contributed by atoms with E-state index in [0.717, 1.165) is 27.3 Å². The van der Waals surface area contributed by atoms with E-state index in [-0.39, 0.29) is 0 Å². The Hall–Kier alpha value is -6.96. The van der Waals surface area contributed by atoms with Crippen LogP contribution in [0.4, 0.5) is 0 Å². The summed E-state index contributed by atoms with van der Waals surface area (Å²) < 4.78 is 6.76. The first-order valence-electron chi connectivity index (χ1n) is 18.3. The second-order valence-corrected chi connectivity index (χ2v) is 14.0. The highest BCUT2D eigenvalue weighted by Gasteiger charge is 2.21. The van der Waals surface area contributed by atoms with Gasteiger partial charge in [0.05, 0.1) is 0 Å². The molecule has 0 aliphatic heterocycles. The highest BCUT2D eigenvalue weighted by atomic mass is 16.3. The van der Waals surface area contributed by atoms with Gasteiger partial charge in [0.2, 0.25) is 0 Å². The summed E-state index contributed by atoms with van der Waals surface area (Å²) >= 11 is 0. The van der Waals surface area contributed by atoms with Gasteiger partial charge in [-0.05, 0) is 101 Å². The molecule has 1 heteroatoms. The van der Waals surface area contributed by atoms with Gasteiger partial charge in [-0.15, -0.1) is 0 Å². The third-order valence-corrected chi connectivity index (χ3v) is 11.0. The van der Waals surface area contributed by atoms with Crippen LogP contribution >= 0.6 is 0 Å². The Balaban J connectivity index is 1.18. The monoisotopic (exact) mass is 672 g/mol. The van der Waals surface area contributed by atoms with Gasteiger partial charge in [-0.25, -0.2) is 0 Å². The molecule has 53 heavy (non-hydrogen) atoms. The molecule has 0 saturated carbocycles. The van der Waals surface area contributed by atoms with Crippen molar-refractivity contribution in [2.24, 2.45) is 0 Å². The molecular formula is C52H32O. The Morgan fingerprint density at radius 3 is 1.38 bits per heavy atom. The average molecular weight is 673 g/mol. The fraction of sp³-hybridized carbons (Fsp3) is 0. The smallest absolute Gasteiger partial charge is 0.143 e. The quantitative estimate of drug-likeness (QED) is 0.170. The minimum atomic E-state index is 0.911. The lowest BCUT2D eigenvalue weighted by atomic mass is 9.84. The van der Waals surface area contributed by atoms with Crippen LogP contribution in [0, 0.1) is 0 Å². The summed E-state index contributed by atoms with van der Waals surface area (Å²) in [6, 6.07) is 70.5. The van der Waals surface area contributed by atoms with Gasteiger partial charge in [0, 0.05) is 21.7 Å². The maximum Gasteiger partial charge on any atom is 0.143 e. The second kappa shape index (κ2) is 11.8. The molecule has 0 spiro atoms. The molecule has 0 fully saturated rings. The van der Waals surface area contributed by atoms with Crippen molar-refractivity contribution in [3.8, 4) is 44.5 Å². The van der Waals surface area contributed by atoms with Crippen molar-refractivity contribution in [1.29, 1.82) is 0 Å². The molecule has 0 unspecified atom stereocenters. The summed E-state index contributed by atoms with van der Waals surface area (Å²) in [5.41, 5.74) is 11.6. The van der Waals surface area contributed by atoms with Gasteiger partial charge in [0.15, 0.2) is 0 Å². The zero-order valence-electron chi connectivity index (χ0n) is 28.9. The van der Waals surface area contributed by atoms with Crippen molar-refractivity contribution in [3.05, 3.63) is 194 Å².